The van der Waals surface area contributed by atoms with Gasteiger partial charge in [-0.05, 0) is 24.7 Å². The van der Waals surface area contributed by atoms with Crippen molar-refractivity contribution in [3.05, 3.63) is 0 Å². The Bertz CT molecular complexity index is 172. The maximum atomic E-state index is 5.32. The molecular formula is C9H20N4. The van der Waals surface area contributed by atoms with E-state index in [-0.39, 0.29) is 0 Å². The van der Waals surface area contributed by atoms with Crippen LogP contribution in [0.2, 0.25) is 0 Å². The molecule has 0 unspecified atom stereocenters. The molecule has 1 fully saturated rings. The standard InChI is InChI=1S/C9H20N4/c1-7(2)5-11-9(13-10)12-6-8-3-4-8/h7-8H,3-6,10H2,1-2H3,(H2,11,12,13). The van der Waals surface area contributed by atoms with E-state index in [0.29, 0.717) is 5.92 Å². The highest BCUT2D eigenvalue weighted by molar-refractivity contribution is 5.79. The molecule has 4 heteroatoms. The minimum Gasteiger partial charge on any atom is -0.355 e. The van der Waals surface area contributed by atoms with E-state index in [9.17, 15) is 0 Å². The van der Waals surface area contributed by atoms with Gasteiger partial charge in [0.05, 0.1) is 0 Å². The Kier molecular flexibility index (Phi) is 4.02. The molecule has 1 aliphatic carbocycles. The highest BCUT2D eigenvalue weighted by atomic mass is 15.3. The average Bonchev–Trinajstić information content (AvgIpc) is 2.88. The number of aliphatic imine (C=N–C) groups is 1. The molecule has 1 saturated carbocycles. The molecule has 4 N–H and O–H groups in total. The SMILES string of the molecule is CC(C)CN=C(NN)NCC1CC1. The van der Waals surface area contributed by atoms with Gasteiger partial charge in [-0.15, -0.1) is 0 Å². The van der Waals surface area contributed by atoms with Gasteiger partial charge >= 0.3 is 0 Å². The summed E-state index contributed by atoms with van der Waals surface area (Å²) < 4.78 is 0. The minimum absolute atomic E-state index is 0.575. The van der Waals surface area contributed by atoms with Crippen molar-refractivity contribution in [3.63, 3.8) is 0 Å². The first-order chi connectivity index (χ1) is 6.22. The fourth-order valence-electron chi connectivity index (χ4n) is 0.989. The van der Waals surface area contributed by atoms with Crippen molar-refractivity contribution < 1.29 is 0 Å². The lowest BCUT2D eigenvalue weighted by Gasteiger charge is -2.08. The quantitative estimate of drug-likeness (QED) is 0.257. The fourth-order valence-corrected chi connectivity index (χ4v) is 0.989. The molecule has 0 atom stereocenters. The lowest BCUT2D eigenvalue weighted by atomic mass is 10.2. The van der Waals surface area contributed by atoms with E-state index >= 15 is 0 Å². The predicted octanol–water partition coefficient (Wildman–Crippen LogP) is 0.461. The van der Waals surface area contributed by atoms with Crippen molar-refractivity contribution >= 4 is 5.96 Å². The summed E-state index contributed by atoms with van der Waals surface area (Å²) in [5.41, 5.74) is 2.58. The van der Waals surface area contributed by atoms with Crippen LogP contribution in [0.25, 0.3) is 0 Å². The van der Waals surface area contributed by atoms with Crippen molar-refractivity contribution in [3.8, 4) is 0 Å². The maximum absolute atomic E-state index is 5.32. The summed E-state index contributed by atoms with van der Waals surface area (Å²) in [7, 11) is 0. The van der Waals surface area contributed by atoms with Crippen LogP contribution in [0, 0.1) is 11.8 Å². The van der Waals surface area contributed by atoms with Gasteiger partial charge in [0.25, 0.3) is 0 Å². The number of nitrogens with one attached hydrogen (secondary N) is 2. The fraction of sp³-hybridized carbons (Fsp3) is 0.889. The molecule has 0 aromatic heterocycles. The Hall–Kier alpha value is -0.770. The van der Waals surface area contributed by atoms with E-state index in [0.717, 1.165) is 25.0 Å². The summed E-state index contributed by atoms with van der Waals surface area (Å²) in [6.45, 7) is 6.09. The lowest BCUT2D eigenvalue weighted by Crippen LogP contribution is -2.42. The lowest BCUT2D eigenvalue weighted by molar-refractivity contribution is 0.653. The number of hydrogen-bond donors (Lipinski definition) is 3. The molecule has 0 aromatic rings. The number of guanidine groups is 1. The summed E-state index contributed by atoms with van der Waals surface area (Å²) in [4.78, 5) is 4.31. The normalized spacial score (nSPS) is 17.7. The number of hydrazine groups is 1. The zero-order valence-electron chi connectivity index (χ0n) is 8.51. The molecule has 76 valence electrons. The van der Waals surface area contributed by atoms with E-state index < -0.39 is 0 Å². The van der Waals surface area contributed by atoms with Crippen molar-refractivity contribution in [1.82, 2.24) is 10.7 Å². The highest BCUT2D eigenvalue weighted by Gasteiger charge is 2.20. The second-order valence-corrected chi connectivity index (χ2v) is 4.05. The first-order valence-electron chi connectivity index (χ1n) is 4.97. The second kappa shape index (κ2) is 5.07. The maximum Gasteiger partial charge on any atom is 0.205 e. The molecule has 0 amide bonds. The number of rotatable bonds is 4. The van der Waals surface area contributed by atoms with Crippen LogP contribution in [0.3, 0.4) is 0 Å². The van der Waals surface area contributed by atoms with Crippen LogP contribution in [-0.4, -0.2) is 19.0 Å². The van der Waals surface area contributed by atoms with Gasteiger partial charge in [0.2, 0.25) is 5.96 Å². The van der Waals surface area contributed by atoms with Crippen LogP contribution in [-0.2, 0) is 0 Å². The van der Waals surface area contributed by atoms with Crippen LogP contribution in [0.15, 0.2) is 4.99 Å². The van der Waals surface area contributed by atoms with E-state index in [1.165, 1.54) is 12.8 Å². The predicted molar refractivity (Wildman–Crippen MR) is 55.2 cm³/mol. The molecule has 0 aromatic carbocycles. The number of nitrogens with two attached hydrogens (primary N) is 1. The summed E-state index contributed by atoms with van der Waals surface area (Å²) in [6, 6.07) is 0. The second-order valence-electron chi connectivity index (χ2n) is 4.05. The van der Waals surface area contributed by atoms with Gasteiger partial charge < -0.3 is 5.32 Å². The van der Waals surface area contributed by atoms with Gasteiger partial charge in [0, 0.05) is 13.1 Å². The molecular weight excluding hydrogens is 164 g/mol. The first kappa shape index (κ1) is 10.3. The van der Waals surface area contributed by atoms with Crippen LogP contribution in [0.5, 0.6) is 0 Å². The molecule has 1 aliphatic rings. The molecule has 4 nitrogen and oxygen atoms in total. The van der Waals surface area contributed by atoms with Gasteiger partial charge in [-0.2, -0.15) is 0 Å². The molecule has 1 rings (SSSR count). The van der Waals surface area contributed by atoms with Gasteiger partial charge in [-0.1, -0.05) is 13.8 Å². The number of hydrogen-bond acceptors (Lipinski definition) is 2. The Morgan fingerprint density at radius 2 is 2.23 bits per heavy atom. The molecule has 0 saturated heterocycles. The molecule has 0 heterocycles. The Morgan fingerprint density at radius 3 is 2.69 bits per heavy atom. The summed E-state index contributed by atoms with van der Waals surface area (Å²) in [5, 5.41) is 3.20. The Labute approximate surface area is 80.0 Å². The third kappa shape index (κ3) is 4.72. The van der Waals surface area contributed by atoms with Crippen LogP contribution in [0.1, 0.15) is 26.7 Å². The van der Waals surface area contributed by atoms with Gasteiger partial charge in [0.15, 0.2) is 0 Å². The minimum atomic E-state index is 0.575. The van der Waals surface area contributed by atoms with Crippen molar-refractivity contribution in [2.75, 3.05) is 13.1 Å². The average molecular weight is 184 g/mol. The molecule has 0 aliphatic heterocycles. The van der Waals surface area contributed by atoms with Crippen molar-refractivity contribution in [1.29, 1.82) is 0 Å². The van der Waals surface area contributed by atoms with Gasteiger partial charge in [0.1, 0.15) is 0 Å². The van der Waals surface area contributed by atoms with Crippen LogP contribution < -0.4 is 16.6 Å². The zero-order valence-corrected chi connectivity index (χ0v) is 8.51. The molecule has 0 bridgehead atoms. The first-order valence-corrected chi connectivity index (χ1v) is 4.97. The monoisotopic (exact) mass is 184 g/mol. The highest BCUT2D eigenvalue weighted by Crippen LogP contribution is 2.27. The van der Waals surface area contributed by atoms with Crippen molar-refractivity contribution in [2.45, 2.75) is 26.7 Å². The zero-order chi connectivity index (χ0) is 9.68. The summed E-state index contributed by atoms with van der Waals surface area (Å²) in [6.07, 6.45) is 2.68. The summed E-state index contributed by atoms with van der Waals surface area (Å²) >= 11 is 0. The van der Waals surface area contributed by atoms with Gasteiger partial charge in [-0.25, -0.2) is 5.84 Å². The Balaban J connectivity index is 2.18. The van der Waals surface area contributed by atoms with Gasteiger partial charge in [-0.3, -0.25) is 10.4 Å². The third-order valence-corrected chi connectivity index (χ3v) is 2.01. The van der Waals surface area contributed by atoms with E-state index in [1.807, 2.05) is 0 Å². The van der Waals surface area contributed by atoms with E-state index in [2.05, 4.69) is 29.6 Å². The molecule has 0 radical (unpaired) electrons. The molecule has 0 spiro atoms. The topological polar surface area (TPSA) is 62.4 Å². The van der Waals surface area contributed by atoms with Crippen LogP contribution >= 0.6 is 0 Å². The van der Waals surface area contributed by atoms with Crippen molar-refractivity contribution in [2.24, 2.45) is 22.7 Å². The number of nitrogens with zero attached hydrogens (tertiary/aromatic N) is 1. The van der Waals surface area contributed by atoms with Crippen LogP contribution in [0.4, 0.5) is 0 Å². The Morgan fingerprint density at radius 1 is 1.54 bits per heavy atom. The smallest absolute Gasteiger partial charge is 0.205 e. The molecule has 13 heavy (non-hydrogen) atoms. The summed E-state index contributed by atoms with van der Waals surface area (Å²) in [5.74, 6) is 7.47. The largest absolute Gasteiger partial charge is 0.355 e. The van der Waals surface area contributed by atoms with E-state index in [1.54, 1.807) is 0 Å². The third-order valence-electron chi connectivity index (χ3n) is 2.01. The van der Waals surface area contributed by atoms with E-state index in [4.69, 9.17) is 5.84 Å².